The number of benzene rings is 2. The van der Waals surface area contributed by atoms with Crippen molar-refractivity contribution in [3.05, 3.63) is 69.7 Å². The van der Waals surface area contributed by atoms with E-state index in [0.717, 1.165) is 68.4 Å². The number of carbonyl (C=O) groups excluding carboxylic acids is 5. The van der Waals surface area contributed by atoms with Gasteiger partial charge in [0.05, 0.1) is 13.1 Å². The molecule has 22 heteroatoms. The number of primary amides is 1. The standard InChI is InChI=1S/C21H27ClN4O3.C20H26ClN3O2.C2HF3O2.CHNO.Na/c1-14-2-8-17(9-3-14)25-11-18(27)26(10-15-4-6-16(22)7-5-15)21(19(25)28)12-24(13-21)20(23)29;1-14-2-8-17(9-3-14)23-11-18(25)24(20(19(23)26)12-22-13-20)10-15-4-6-16(21)7-5-15;3-2(4,5)1(6)7;2-1-3;/h4-7,14,17H,2-3,8-13H2,1H3,(H2,23,29);4-7,14,17,22H,2-3,8-13H2,1H3;(H,6,7);3H;/q;;;;+1/p-1. The molecule has 6 amide bonds. The van der Waals surface area contributed by atoms with E-state index in [0.29, 0.717) is 48.4 Å². The molecule has 354 valence electrons. The molecule has 8 rings (SSSR count). The topological polar surface area (TPSA) is 224 Å². The molecule has 66 heavy (non-hydrogen) atoms. The maximum Gasteiger partial charge on any atom is 1.00 e. The van der Waals surface area contributed by atoms with E-state index in [2.05, 4.69) is 19.2 Å². The first kappa shape index (κ1) is 54.3. The third kappa shape index (κ3) is 12.6. The van der Waals surface area contributed by atoms with Crippen LogP contribution in [-0.4, -0.2) is 134 Å². The van der Waals surface area contributed by atoms with Crippen LogP contribution in [-0.2, 0) is 37.1 Å². The molecular formula is C44H54Cl2F3N8NaO8. The number of rotatable bonds is 6. The van der Waals surface area contributed by atoms with Crippen molar-refractivity contribution < 1.29 is 81.7 Å². The third-order valence-electron chi connectivity index (χ3n) is 13.2. The van der Waals surface area contributed by atoms with Gasteiger partial charge in [0.15, 0.2) is 5.54 Å². The number of carboxylic acids is 1. The third-order valence-corrected chi connectivity index (χ3v) is 13.7. The summed E-state index contributed by atoms with van der Waals surface area (Å²) in [6, 6.07) is 14.5. The summed E-state index contributed by atoms with van der Waals surface area (Å²) in [4.78, 5) is 82.2. The Kier molecular flexibility index (Phi) is 19.0. The van der Waals surface area contributed by atoms with Gasteiger partial charge in [-0.25, -0.2) is 14.9 Å². The van der Waals surface area contributed by atoms with Crippen molar-refractivity contribution >= 4 is 58.8 Å². The van der Waals surface area contributed by atoms with Crippen LogP contribution in [0.5, 0.6) is 0 Å². The largest absolute Gasteiger partial charge is 1.00 e. The van der Waals surface area contributed by atoms with Gasteiger partial charge in [-0.15, -0.1) is 0 Å². The van der Waals surface area contributed by atoms with Crippen LogP contribution in [0.3, 0.4) is 0 Å². The zero-order chi connectivity index (χ0) is 47.9. The van der Waals surface area contributed by atoms with Crippen LogP contribution in [0.15, 0.2) is 48.5 Å². The summed E-state index contributed by atoms with van der Waals surface area (Å²) in [5, 5.41) is 26.6. The van der Waals surface area contributed by atoms with Gasteiger partial charge in [0.2, 0.25) is 11.8 Å². The second-order valence-electron chi connectivity index (χ2n) is 17.7. The van der Waals surface area contributed by atoms with E-state index >= 15 is 0 Å². The van der Waals surface area contributed by atoms with Gasteiger partial charge in [0.1, 0.15) is 18.6 Å². The Morgan fingerprint density at radius 2 is 1.09 bits per heavy atom. The van der Waals surface area contributed by atoms with E-state index in [4.69, 9.17) is 49.2 Å². The maximum absolute atomic E-state index is 13.6. The first-order valence-corrected chi connectivity index (χ1v) is 22.2. The van der Waals surface area contributed by atoms with Crippen molar-refractivity contribution in [3.8, 4) is 6.26 Å². The molecular weight excluding hydrogens is 919 g/mol. The number of urea groups is 1. The van der Waals surface area contributed by atoms with Gasteiger partial charge >= 0.3 is 47.7 Å². The maximum atomic E-state index is 13.6. The van der Waals surface area contributed by atoms with E-state index in [1.807, 2.05) is 41.3 Å². The fourth-order valence-electron chi connectivity index (χ4n) is 9.32. The van der Waals surface area contributed by atoms with Crippen LogP contribution in [0, 0.1) is 23.4 Å². The van der Waals surface area contributed by atoms with Crippen molar-refractivity contribution in [1.82, 2.24) is 29.8 Å². The molecule has 0 radical (unpaired) electrons. The number of hydrogen-bond donors (Lipinski definition) is 3. The number of carbonyl (C=O) groups is 6. The van der Waals surface area contributed by atoms with Crippen LogP contribution in [0.4, 0.5) is 18.0 Å². The van der Waals surface area contributed by atoms with Crippen molar-refractivity contribution in [2.45, 2.75) is 108 Å². The van der Waals surface area contributed by atoms with Gasteiger partial charge in [-0.1, -0.05) is 61.3 Å². The molecule has 4 heterocycles. The van der Waals surface area contributed by atoms with Crippen molar-refractivity contribution in [2.75, 3.05) is 39.3 Å². The number of aliphatic carboxylic acids is 1. The number of carboxylic acid groups (broad SMARTS) is 1. The summed E-state index contributed by atoms with van der Waals surface area (Å²) in [5.41, 5.74) is 5.59. The van der Waals surface area contributed by atoms with Gasteiger partial charge in [0, 0.05) is 54.6 Å². The number of nitriles is 1. The number of piperazine rings is 2. The van der Waals surface area contributed by atoms with E-state index in [9.17, 15) is 37.1 Å². The zero-order valence-electron chi connectivity index (χ0n) is 37.2. The van der Waals surface area contributed by atoms with Gasteiger partial charge in [0.25, 0.3) is 11.8 Å². The molecule has 0 aromatic heterocycles. The summed E-state index contributed by atoms with van der Waals surface area (Å²) >= 11 is 11.9. The SMILES string of the molecule is CC1CCC(N2CC(=O)N(Cc3ccc(Cl)cc3)C3(CN(C(N)=O)C3)C2=O)CC1.CC1CCC(N2CC(=O)N(Cc3ccc(Cl)cc3)C3(CNC3)C2=O)CC1.N#C[O-].O=C(O)C(F)(F)F.[Na+]. The summed E-state index contributed by atoms with van der Waals surface area (Å²) in [6.45, 7) is 6.98. The molecule has 2 spiro atoms. The first-order chi connectivity index (χ1) is 30.6. The summed E-state index contributed by atoms with van der Waals surface area (Å²) in [5.74, 6) is -1.32. The molecule has 4 aliphatic heterocycles. The van der Waals surface area contributed by atoms with Gasteiger partial charge in [-0.3, -0.25) is 19.2 Å². The minimum atomic E-state index is -5.08. The van der Waals surface area contributed by atoms with Crippen molar-refractivity contribution in [1.29, 1.82) is 5.26 Å². The number of nitrogens with two attached hydrogens (primary N) is 1. The Labute approximate surface area is 413 Å². The van der Waals surface area contributed by atoms with Gasteiger partial charge in [-0.2, -0.15) is 13.2 Å². The molecule has 2 aromatic carbocycles. The molecule has 0 unspecified atom stereocenters. The van der Waals surface area contributed by atoms with Crippen LogP contribution in [0.2, 0.25) is 10.0 Å². The number of hydrogen-bond acceptors (Lipinski definition) is 9. The number of halogens is 5. The number of nitrogens with zero attached hydrogens (tertiary/aromatic N) is 6. The Hall–Kier alpha value is -4.32. The quantitative estimate of drug-likeness (QED) is 0.277. The van der Waals surface area contributed by atoms with Crippen molar-refractivity contribution in [2.24, 2.45) is 17.6 Å². The first-order valence-electron chi connectivity index (χ1n) is 21.4. The Morgan fingerprint density at radius 3 is 1.39 bits per heavy atom. The number of alkyl halides is 3. The molecule has 4 N–H and O–H groups in total. The number of nitrogens with one attached hydrogen (secondary N) is 1. The molecule has 4 saturated heterocycles. The van der Waals surface area contributed by atoms with Gasteiger partial charge in [-0.05, 0) is 98.6 Å². The molecule has 2 aliphatic carbocycles. The summed E-state index contributed by atoms with van der Waals surface area (Å²) < 4.78 is 31.7. The summed E-state index contributed by atoms with van der Waals surface area (Å²) in [6.07, 6.45) is 3.71. The van der Waals surface area contributed by atoms with Crippen LogP contribution >= 0.6 is 23.2 Å². The predicted octanol–water partition coefficient (Wildman–Crippen LogP) is 1.12. The second-order valence-corrected chi connectivity index (χ2v) is 18.5. The number of likely N-dealkylation sites (tertiary alicyclic amines) is 1. The Balaban J connectivity index is 0.000000238. The Morgan fingerprint density at radius 1 is 0.758 bits per heavy atom. The Bertz CT molecular complexity index is 2090. The normalized spacial score (nSPS) is 24.2. The predicted molar refractivity (Wildman–Crippen MR) is 229 cm³/mol. The minimum absolute atomic E-state index is 0. The molecule has 2 aromatic rings. The average Bonchev–Trinajstić information content (AvgIpc) is 3.22. The van der Waals surface area contributed by atoms with Crippen molar-refractivity contribution in [3.63, 3.8) is 0 Å². The molecule has 6 fully saturated rings. The second kappa shape index (κ2) is 23.1. The average molecular weight is 974 g/mol. The summed E-state index contributed by atoms with van der Waals surface area (Å²) in [7, 11) is 0. The zero-order valence-corrected chi connectivity index (χ0v) is 40.7. The van der Waals surface area contributed by atoms with E-state index in [1.54, 1.807) is 26.8 Å². The number of amides is 6. The van der Waals surface area contributed by atoms with Gasteiger partial charge < -0.3 is 45.8 Å². The smallest absolute Gasteiger partial charge is 0.812 e. The van der Waals surface area contributed by atoms with Crippen LogP contribution in [0.25, 0.3) is 0 Å². The minimum Gasteiger partial charge on any atom is -0.812 e. The van der Waals surface area contributed by atoms with Crippen LogP contribution in [0.1, 0.15) is 76.3 Å². The van der Waals surface area contributed by atoms with E-state index in [1.165, 1.54) is 4.90 Å². The monoisotopic (exact) mass is 972 g/mol. The molecule has 0 atom stereocenters. The molecule has 16 nitrogen and oxygen atoms in total. The van der Waals surface area contributed by atoms with Crippen LogP contribution < -0.4 is 45.7 Å². The fourth-order valence-corrected chi connectivity index (χ4v) is 9.57. The van der Waals surface area contributed by atoms with E-state index in [-0.39, 0.29) is 91.4 Å². The molecule has 0 bridgehead atoms. The molecule has 6 aliphatic rings. The molecule has 2 saturated carbocycles. The fraction of sp³-hybridized carbons (Fsp3) is 0.568. The van der Waals surface area contributed by atoms with E-state index < -0.39 is 29.3 Å².